The van der Waals surface area contributed by atoms with Crippen LogP contribution >= 0.6 is 0 Å². The van der Waals surface area contributed by atoms with Gasteiger partial charge in [0, 0.05) is 11.0 Å². The Morgan fingerprint density at radius 1 is 1.00 bits per heavy atom. The fourth-order valence-electron chi connectivity index (χ4n) is 2.20. The van der Waals surface area contributed by atoms with Crippen LogP contribution in [0.25, 0.3) is 6.08 Å². The Balaban J connectivity index is 2.30. The van der Waals surface area contributed by atoms with E-state index in [2.05, 4.69) is 26.5 Å². The molecule has 106 valence electrons. The van der Waals surface area contributed by atoms with Crippen LogP contribution in [0, 0.1) is 0 Å². The van der Waals surface area contributed by atoms with Gasteiger partial charge in [0.15, 0.2) is 5.78 Å². The highest BCUT2D eigenvalue weighted by molar-refractivity contribution is 6.06. The monoisotopic (exact) mass is 276 g/mol. The number of rotatable bonds is 5. The lowest BCUT2D eigenvalue weighted by Crippen LogP contribution is -2.14. The summed E-state index contributed by atoms with van der Waals surface area (Å²) in [6, 6.07) is 17.4. The molecule has 0 atom stereocenters. The van der Waals surface area contributed by atoms with E-state index >= 15 is 0 Å². The maximum atomic E-state index is 12.1. The highest BCUT2D eigenvalue weighted by Crippen LogP contribution is 2.28. The maximum absolute atomic E-state index is 12.1. The van der Waals surface area contributed by atoms with Crippen molar-refractivity contribution in [1.29, 1.82) is 0 Å². The zero-order valence-electron chi connectivity index (χ0n) is 12.5. The summed E-state index contributed by atoms with van der Waals surface area (Å²) in [6.07, 6.45) is 5.45. The van der Waals surface area contributed by atoms with E-state index in [0.717, 1.165) is 11.1 Å². The van der Waals surface area contributed by atoms with Crippen LogP contribution in [0.1, 0.15) is 35.3 Å². The smallest absolute Gasteiger partial charge is 0.185 e. The lowest BCUT2D eigenvalue weighted by Gasteiger charge is -2.22. The molecule has 0 fully saturated rings. The summed E-state index contributed by atoms with van der Waals surface area (Å²) in [5, 5.41) is 0. The summed E-state index contributed by atoms with van der Waals surface area (Å²) in [5.74, 6) is 0.0156. The third-order valence-corrected chi connectivity index (χ3v) is 3.64. The van der Waals surface area contributed by atoms with E-state index in [-0.39, 0.29) is 11.2 Å². The van der Waals surface area contributed by atoms with Gasteiger partial charge in [-0.3, -0.25) is 4.79 Å². The third-order valence-electron chi connectivity index (χ3n) is 3.64. The van der Waals surface area contributed by atoms with Gasteiger partial charge in [-0.25, -0.2) is 0 Å². The zero-order valence-corrected chi connectivity index (χ0v) is 12.5. The molecule has 2 rings (SSSR count). The second-order valence-electron chi connectivity index (χ2n) is 5.58. The average molecular weight is 276 g/mol. The van der Waals surface area contributed by atoms with Gasteiger partial charge < -0.3 is 0 Å². The molecule has 0 heterocycles. The molecule has 0 aliphatic heterocycles. The molecule has 21 heavy (non-hydrogen) atoms. The SMILES string of the molecule is C=CC(C)(C)c1ccccc1C=CC(=O)c1ccccc1. The second kappa shape index (κ2) is 6.36. The average Bonchev–Trinajstić information content (AvgIpc) is 2.53. The van der Waals surface area contributed by atoms with Crippen molar-refractivity contribution >= 4 is 11.9 Å². The molecule has 2 aromatic rings. The molecule has 1 nitrogen and oxygen atoms in total. The third kappa shape index (κ3) is 3.57. The van der Waals surface area contributed by atoms with Crippen LogP contribution in [0.15, 0.2) is 73.3 Å². The molecule has 0 N–H and O–H groups in total. The molecule has 0 saturated heterocycles. The van der Waals surface area contributed by atoms with Crippen LogP contribution < -0.4 is 0 Å². The van der Waals surface area contributed by atoms with Crippen molar-refractivity contribution in [2.24, 2.45) is 0 Å². The van der Waals surface area contributed by atoms with Crippen molar-refractivity contribution in [2.45, 2.75) is 19.3 Å². The second-order valence-corrected chi connectivity index (χ2v) is 5.58. The number of allylic oxidation sites excluding steroid dienone is 2. The first-order valence-corrected chi connectivity index (χ1v) is 7.05. The van der Waals surface area contributed by atoms with Crippen LogP contribution in [0.2, 0.25) is 0 Å². The molecule has 0 spiro atoms. The van der Waals surface area contributed by atoms with Gasteiger partial charge in [-0.15, -0.1) is 6.58 Å². The highest BCUT2D eigenvalue weighted by atomic mass is 16.1. The lowest BCUT2D eigenvalue weighted by atomic mass is 9.82. The number of hydrogen-bond acceptors (Lipinski definition) is 1. The summed E-state index contributed by atoms with van der Waals surface area (Å²) < 4.78 is 0. The van der Waals surface area contributed by atoms with Crippen LogP contribution in [0.4, 0.5) is 0 Å². The standard InChI is InChI=1S/C20H20O/c1-4-20(2,3)18-13-9-8-10-16(18)14-15-19(21)17-11-6-5-7-12-17/h4-15H,1H2,2-3H3. The van der Waals surface area contributed by atoms with E-state index in [9.17, 15) is 4.79 Å². The first-order valence-electron chi connectivity index (χ1n) is 7.05. The van der Waals surface area contributed by atoms with Crippen LogP contribution in [0.5, 0.6) is 0 Å². The maximum Gasteiger partial charge on any atom is 0.185 e. The topological polar surface area (TPSA) is 17.1 Å². The predicted molar refractivity (Wildman–Crippen MR) is 89.5 cm³/mol. The Labute approximate surface area is 126 Å². The van der Waals surface area contributed by atoms with Gasteiger partial charge in [-0.1, -0.05) is 80.6 Å². The Morgan fingerprint density at radius 3 is 2.29 bits per heavy atom. The molecule has 1 heteroatoms. The first-order chi connectivity index (χ1) is 10.0. The Bertz CT molecular complexity index is 663. The number of carbonyl (C=O) groups excluding carboxylic acids is 1. The minimum atomic E-state index is -0.128. The Kier molecular flexibility index (Phi) is 4.54. The predicted octanol–water partition coefficient (Wildman–Crippen LogP) is 5.05. The number of hydrogen-bond donors (Lipinski definition) is 0. The molecular weight excluding hydrogens is 256 g/mol. The van der Waals surface area contributed by atoms with Gasteiger partial charge in [0.1, 0.15) is 0 Å². The van der Waals surface area contributed by atoms with E-state index in [0.29, 0.717) is 5.56 Å². The number of ketones is 1. The minimum Gasteiger partial charge on any atom is -0.289 e. The fourth-order valence-corrected chi connectivity index (χ4v) is 2.20. The molecule has 0 aliphatic rings. The summed E-state index contributed by atoms with van der Waals surface area (Å²) >= 11 is 0. The van der Waals surface area contributed by atoms with Gasteiger partial charge in [-0.2, -0.15) is 0 Å². The largest absolute Gasteiger partial charge is 0.289 e. The lowest BCUT2D eigenvalue weighted by molar-refractivity contribution is 0.104. The van der Waals surface area contributed by atoms with Gasteiger partial charge in [-0.05, 0) is 17.2 Å². The van der Waals surface area contributed by atoms with Crippen LogP contribution in [-0.4, -0.2) is 5.78 Å². The van der Waals surface area contributed by atoms with Gasteiger partial charge in [0.25, 0.3) is 0 Å². The summed E-state index contributed by atoms with van der Waals surface area (Å²) in [4.78, 5) is 12.1. The molecule has 0 bridgehead atoms. The molecule has 0 aliphatic carbocycles. The summed E-state index contributed by atoms with van der Waals surface area (Å²) in [7, 11) is 0. The van der Waals surface area contributed by atoms with Crippen LogP contribution in [0.3, 0.4) is 0 Å². The summed E-state index contributed by atoms with van der Waals surface area (Å²) in [6.45, 7) is 8.14. The van der Waals surface area contributed by atoms with Gasteiger partial charge in [0.05, 0.1) is 0 Å². The van der Waals surface area contributed by atoms with Crippen molar-refractivity contribution in [3.8, 4) is 0 Å². The van der Waals surface area contributed by atoms with E-state index in [4.69, 9.17) is 0 Å². The molecule has 0 aromatic heterocycles. The first kappa shape index (κ1) is 15.0. The Hall–Kier alpha value is -2.41. The quantitative estimate of drug-likeness (QED) is 0.424. The summed E-state index contributed by atoms with van der Waals surface area (Å²) in [5.41, 5.74) is 2.79. The van der Waals surface area contributed by atoms with Crippen molar-refractivity contribution in [3.05, 3.63) is 90.0 Å². The molecule has 2 aromatic carbocycles. The van der Waals surface area contributed by atoms with Gasteiger partial charge >= 0.3 is 0 Å². The highest BCUT2D eigenvalue weighted by Gasteiger charge is 2.18. The molecule has 0 saturated carbocycles. The van der Waals surface area contributed by atoms with E-state index < -0.39 is 0 Å². The van der Waals surface area contributed by atoms with Crippen LogP contribution in [-0.2, 0) is 5.41 Å². The fraction of sp³-hybridized carbons (Fsp3) is 0.150. The van der Waals surface area contributed by atoms with E-state index in [1.807, 2.05) is 60.7 Å². The molecule has 0 unspecified atom stereocenters. The van der Waals surface area contributed by atoms with Crippen molar-refractivity contribution < 1.29 is 4.79 Å². The Morgan fingerprint density at radius 2 is 1.62 bits per heavy atom. The molecule has 0 amide bonds. The van der Waals surface area contributed by atoms with Crippen molar-refractivity contribution in [3.63, 3.8) is 0 Å². The molecule has 0 radical (unpaired) electrons. The molecular formula is C20H20O. The van der Waals surface area contributed by atoms with Crippen molar-refractivity contribution in [1.82, 2.24) is 0 Å². The number of benzene rings is 2. The van der Waals surface area contributed by atoms with E-state index in [1.54, 1.807) is 6.08 Å². The number of carbonyl (C=O) groups is 1. The minimum absolute atomic E-state index is 0.0156. The van der Waals surface area contributed by atoms with E-state index in [1.165, 1.54) is 0 Å². The zero-order chi connectivity index (χ0) is 15.3. The van der Waals surface area contributed by atoms with Crippen molar-refractivity contribution in [2.75, 3.05) is 0 Å². The normalized spacial score (nSPS) is 11.5. The van der Waals surface area contributed by atoms with Gasteiger partial charge in [0.2, 0.25) is 0 Å².